The van der Waals surface area contributed by atoms with Crippen LogP contribution in [0.1, 0.15) is 11.3 Å². The van der Waals surface area contributed by atoms with Crippen molar-refractivity contribution < 1.29 is 9.84 Å². The van der Waals surface area contributed by atoms with Crippen molar-refractivity contribution in [2.24, 2.45) is 0 Å². The summed E-state index contributed by atoms with van der Waals surface area (Å²) >= 11 is 0. The van der Waals surface area contributed by atoms with Gasteiger partial charge in [-0.05, 0) is 32.0 Å². The minimum atomic E-state index is -0.177. The summed E-state index contributed by atoms with van der Waals surface area (Å²) < 4.78 is 10.8. The number of ether oxygens (including phenoxy) is 1. The van der Waals surface area contributed by atoms with Gasteiger partial charge in [-0.1, -0.05) is 23.8 Å². The molecule has 0 saturated carbocycles. The van der Waals surface area contributed by atoms with Crippen molar-refractivity contribution in [1.29, 1.82) is 0 Å². The van der Waals surface area contributed by atoms with E-state index in [1.165, 1.54) is 10.2 Å². The van der Waals surface area contributed by atoms with Crippen molar-refractivity contribution >= 4 is 11.5 Å². The Bertz CT molecular complexity index is 1510. The SMILES string of the molecule is Cc1cccc(-c2ccn(-c3cc(N4CCOCC4)n4nc(-c5cc(C)n(CO)n5)cc4n3)n2)c1. The average Bonchev–Trinajstić information content (AvgIpc) is 3.62. The Hall–Kier alpha value is -4.02. The Morgan fingerprint density at radius 3 is 2.51 bits per heavy atom. The Morgan fingerprint density at radius 2 is 1.74 bits per heavy atom. The normalized spacial score (nSPS) is 14.2. The molecule has 0 radical (unpaired) electrons. The Balaban J connectivity index is 1.46. The highest BCUT2D eigenvalue weighted by atomic mass is 16.5. The molecule has 5 aromatic rings. The summed E-state index contributed by atoms with van der Waals surface area (Å²) in [6.45, 7) is 6.65. The quantitative estimate of drug-likeness (QED) is 0.422. The molecule has 1 fully saturated rings. The van der Waals surface area contributed by atoms with Crippen LogP contribution >= 0.6 is 0 Å². The maximum absolute atomic E-state index is 9.53. The number of benzene rings is 1. The Morgan fingerprint density at radius 1 is 0.914 bits per heavy atom. The van der Waals surface area contributed by atoms with Gasteiger partial charge in [0.2, 0.25) is 0 Å². The first-order valence-electron chi connectivity index (χ1n) is 11.6. The number of aliphatic hydroxyl groups excluding tert-OH is 1. The van der Waals surface area contributed by atoms with E-state index in [4.69, 9.17) is 19.9 Å². The van der Waals surface area contributed by atoms with E-state index in [0.29, 0.717) is 36.1 Å². The van der Waals surface area contributed by atoms with Crippen LogP contribution in [0, 0.1) is 13.8 Å². The molecule has 0 unspecified atom stereocenters. The molecule has 0 bridgehead atoms. The van der Waals surface area contributed by atoms with Crippen molar-refractivity contribution in [1.82, 2.24) is 34.2 Å². The van der Waals surface area contributed by atoms with Crippen molar-refractivity contribution in [2.45, 2.75) is 20.6 Å². The van der Waals surface area contributed by atoms with Gasteiger partial charge in [-0.25, -0.2) is 14.3 Å². The number of nitrogens with zero attached hydrogens (tertiary/aromatic N) is 8. The largest absolute Gasteiger partial charge is 0.378 e. The number of aliphatic hydroxyl groups is 1. The number of rotatable bonds is 5. The first-order valence-corrected chi connectivity index (χ1v) is 11.6. The Kier molecular flexibility index (Phi) is 5.31. The smallest absolute Gasteiger partial charge is 0.160 e. The predicted octanol–water partition coefficient (Wildman–Crippen LogP) is 2.85. The summed E-state index contributed by atoms with van der Waals surface area (Å²) in [5, 5.41) is 23.6. The van der Waals surface area contributed by atoms with E-state index in [9.17, 15) is 5.11 Å². The summed E-state index contributed by atoms with van der Waals surface area (Å²) in [4.78, 5) is 7.13. The van der Waals surface area contributed by atoms with Gasteiger partial charge in [0, 0.05) is 42.7 Å². The number of fused-ring (bicyclic) bond motifs is 1. The van der Waals surface area contributed by atoms with Crippen LogP contribution in [0.5, 0.6) is 0 Å². The van der Waals surface area contributed by atoms with Crippen LogP contribution in [0.25, 0.3) is 34.1 Å². The van der Waals surface area contributed by atoms with Gasteiger partial charge in [0.05, 0.1) is 18.9 Å². The molecule has 1 saturated heterocycles. The van der Waals surface area contributed by atoms with Gasteiger partial charge in [0.1, 0.15) is 23.9 Å². The number of aromatic nitrogens is 7. The lowest BCUT2D eigenvalue weighted by Crippen LogP contribution is -2.37. The molecule has 35 heavy (non-hydrogen) atoms. The number of hydrogen-bond donors (Lipinski definition) is 1. The van der Waals surface area contributed by atoms with Crippen LogP contribution in [-0.4, -0.2) is 65.6 Å². The predicted molar refractivity (Wildman–Crippen MR) is 131 cm³/mol. The summed E-state index contributed by atoms with van der Waals surface area (Å²) in [6.07, 6.45) is 1.93. The molecule has 6 rings (SSSR count). The van der Waals surface area contributed by atoms with E-state index >= 15 is 0 Å². The zero-order valence-corrected chi connectivity index (χ0v) is 19.7. The second-order valence-electron chi connectivity index (χ2n) is 8.70. The van der Waals surface area contributed by atoms with Crippen molar-refractivity contribution in [3.8, 4) is 28.5 Å². The molecular weight excluding hydrogens is 444 g/mol. The third kappa shape index (κ3) is 3.96. The second-order valence-corrected chi connectivity index (χ2v) is 8.70. The fourth-order valence-electron chi connectivity index (χ4n) is 4.39. The van der Waals surface area contributed by atoms with Crippen LogP contribution in [0.2, 0.25) is 0 Å². The monoisotopic (exact) mass is 470 g/mol. The maximum atomic E-state index is 9.53. The van der Waals surface area contributed by atoms with E-state index in [1.54, 1.807) is 4.68 Å². The molecule has 4 aromatic heterocycles. The molecule has 1 N–H and O–H groups in total. The summed E-state index contributed by atoms with van der Waals surface area (Å²) in [6, 6.07) is 16.1. The zero-order valence-electron chi connectivity index (χ0n) is 19.7. The van der Waals surface area contributed by atoms with Crippen LogP contribution < -0.4 is 4.90 Å². The lowest BCUT2D eigenvalue weighted by Gasteiger charge is -2.29. The first kappa shape index (κ1) is 21.5. The molecule has 1 aromatic carbocycles. The molecule has 0 spiro atoms. The van der Waals surface area contributed by atoms with E-state index in [-0.39, 0.29) is 6.73 Å². The van der Waals surface area contributed by atoms with E-state index < -0.39 is 0 Å². The van der Waals surface area contributed by atoms with E-state index in [1.807, 2.05) is 48.0 Å². The third-order valence-electron chi connectivity index (χ3n) is 6.25. The van der Waals surface area contributed by atoms with Crippen LogP contribution in [0.4, 0.5) is 5.82 Å². The molecule has 1 aliphatic rings. The lowest BCUT2D eigenvalue weighted by atomic mass is 10.1. The van der Waals surface area contributed by atoms with Crippen molar-refractivity contribution in [3.63, 3.8) is 0 Å². The molecule has 0 amide bonds. The van der Waals surface area contributed by atoms with Crippen molar-refractivity contribution in [3.05, 3.63) is 66.0 Å². The van der Waals surface area contributed by atoms with E-state index in [0.717, 1.165) is 35.9 Å². The standard InChI is InChI=1S/C25H26N8O2/c1-17-4-3-5-19(12-17)20-6-7-31(27-20)23-15-25(30-8-10-35-11-9-30)33-24(26-23)14-22(29-33)21-13-18(2)32(16-34)28-21/h3-7,12-15,34H,8-11,16H2,1-2H3. The summed E-state index contributed by atoms with van der Waals surface area (Å²) in [5.41, 5.74) is 6.10. The highest BCUT2D eigenvalue weighted by Gasteiger charge is 2.20. The topological polar surface area (TPSA) is 98.5 Å². The highest BCUT2D eigenvalue weighted by molar-refractivity contribution is 5.65. The van der Waals surface area contributed by atoms with Gasteiger partial charge < -0.3 is 14.7 Å². The third-order valence-corrected chi connectivity index (χ3v) is 6.25. The fourth-order valence-corrected chi connectivity index (χ4v) is 4.39. The first-order chi connectivity index (χ1) is 17.1. The summed E-state index contributed by atoms with van der Waals surface area (Å²) in [5.74, 6) is 1.63. The van der Waals surface area contributed by atoms with Gasteiger partial charge in [0.15, 0.2) is 11.5 Å². The second kappa shape index (κ2) is 8.64. The fraction of sp³-hybridized carbons (Fsp3) is 0.280. The molecule has 5 heterocycles. The number of hydrogen-bond acceptors (Lipinski definition) is 7. The molecule has 0 atom stereocenters. The van der Waals surface area contributed by atoms with Gasteiger partial charge in [-0.3, -0.25) is 0 Å². The van der Waals surface area contributed by atoms with Crippen molar-refractivity contribution in [2.75, 3.05) is 31.2 Å². The summed E-state index contributed by atoms with van der Waals surface area (Å²) in [7, 11) is 0. The lowest BCUT2D eigenvalue weighted by molar-refractivity contribution is 0.122. The molecule has 0 aliphatic carbocycles. The molecular formula is C25H26N8O2. The van der Waals surface area contributed by atoms with Gasteiger partial charge in [-0.2, -0.15) is 19.8 Å². The van der Waals surface area contributed by atoms with Gasteiger partial charge in [0.25, 0.3) is 0 Å². The Labute approximate surface area is 202 Å². The number of morpholine rings is 1. The highest BCUT2D eigenvalue weighted by Crippen LogP contribution is 2.26. The van der Waals surface area contributed by atoms with Crippen LogP contribution in [0.15, 0.2) is 54.7 Å². The maximum Gasteiger partial charge on any atom is 0.160 e. The molecule has 1 aliphatic heterocycles. The molecule has 178 valence electrons. The number of anilines is 1. The van der Waals surface area contributed by atoms with Crippen LogP contribution in [-0.2, 0) is 11.5 Å². The van der Waals surface area contributed by atoms with Gasteiger partial charge >= 0.3 is 0 Å². The molecule has 10 nitrogen and oxygen atoms in total. The minimum Gasteiger partial charge on any atom is -0.378 e. The van der Waals surface area contributed by atoms with Gasteiger partial charge in [-0.15, -0.1) is 0 Å². The number of aryl methyl sites for hydroxylation is 2. The van der Waals surface area contributed by atoms with Crippen LogP contribution in [0.3, 0.4) is 0 Å². The zero-order chi connectivity index (χ0) is 23.9. The average molecular weight is 471 g/mol. The minimum absolute atomic E-state index is 0.177. The molecule has 10 heteroatoms. The van der Waals surface area contributed by atoms with E-state index in [2.05, 4.69) is 35.1 Å².